The molecule has 0 radical (unpaired) electrons. The molecule has 1 saturated carbocycles. The molecule has 1 aromatic rings. The molecule has 0 aliphatic heterocycles. The summed E-state index contributed by atoms with van der Waals surface area (Å²) in [6.45, 7) is 6.74. The first kappa shape index (κ1) is 16.0. The molecule has 3 atom stereocenters. The Morgan fingerprint density at radius 1 is 1.35 bits per heavy atom. The number of hydrogen-bond donors (Lipinski definition) is 1. The average Bonchev–Trinajstić information content (AvgIpc) is 2.32. The second-order valence-electron chi connectivity index (χ2n) is 7.09. The van der Waals surface area contributed by atoms with Crippen LogP contribution in [-0.4, -0.2) is 6.04 Å². The number of halogens is 2. The first-order valence-corrected chi connectivity index (χ1v) is 8.28. The molecule has 1 nitrogen and oxygen atoms in total. The van der Waals surface area contributed by atoms with Crippen LogP contribution < -0.4 is 5.73 Å². The largest absolute Gasteiger partial charge is 0.327 e. The van der Waals surface area contributed by atoms with Crippen LogP contribution in [0.1, 0.15) is 45.6 Å². The predicted molar refractivity (Wildman–Crippen MR) is 86.1 cm³/mol. The van der Waals surface area contributed by atoms with E-state index in [1.807, 2.05) is 12.1 Å². The van der Waals surface area contributed by atoms with Crippen molar-refractivity contribution in [1.29, 1.82) is 0 Å². The Hall–Kier alpha value is -0.410. The van der Waals surface area contributed by atoms with E-state index in [1.54, 1.807) is 6.07 Å². The van der Waals surface area contributed by atoms with E-state index < -0.39 is 0 Å². The van der Waals surface area contributed by atoms with Gasteiger partial charge < -0.3 is 5.73 Å². The van der Waals surface area contributed by atoms with Crippen molar-refractivity contribution in [3.8, 4) is 0 Å². The van der Waals surface area contributed by atoms with E-state index in [2.05, 4.69) is 36.7 Å². The Morgan fingerprint density at radius 2 is 2.05 bits per heavy atom. The molecule has 112 valence electrons. The average molecular weight is 342 g/mol. The Bertz CT molecular complexity index is 472. The molecule has 0 aromatic heterocycles. The third kappa shape index (κ3) is 3.62. The van der Waals surface area contributed by atoms with Gasteiger partial charge >= 0.3 is 0 Å². The van der Waals surface area contributed by atoms with E-state index >= 15 is 0 Å². The van der Waals surface area contributed by atoms with Crippen LogP contribution in [0.2, 0.25) is 0 Å². The lowest BCUT2D eigenvalue weighted by atomic mass is 9.64. The molecule has 1 aliphatic carbocycles. The van der Waals surface area contributed by atoms with Crippen molar-refractivity contribution >= 4 is 15.9 Å². The van der Waals surface area contributed by atoms with E-state index in [-0.39, 0.29) is 17.3 Å². The van der Waals surface area contributed by atoms with Gasteiger partial charge in [-0.1, -0.05) is 49.2 Å². The number of nitrogens with two attached hydrogens (primary N) is 1. The van der Waals surface area contributed by atoms with Crippen molar-refractivity contribution in [3.05, 3.63) is 34.1 Å². The van der Waals surface area contributed by atoms with Gasteiger partial charge in [0.1, 0.15) is 5.82 Å². The maximum absolute atomic E-state index is 14.0. The predicted octanol–water partition coefficient (Wildman–Crippen LogP) is 4.92. The van der Waals surface area contributed by atoms with Crippen LogP contribution in [-0.2, 0) is 6.42 Å². The van der Waals surface area contributed by atoms with Crippen molar-refractivity contribution < 1.29 is 4.39 Å². The highest BCUT2D eigenvalue weighted by Gasteiger charge is 2.37. The van der Waals surface area contributed by atoms with E-state index in [1.165, 1.54) is 6.42 Å². The molecule has 0 amide bonds. The Kier molecular flexibility index (Phi) is 4.91. The van der Waals surface area contributed by atoms with Gasteiger partial charge in [0, 0.05) is 10.5 Å². The van der Waals surface area contributed by atoms with Gasteiger partial charge in [0.05, 0.1) is 0 Å². The fraction of sp³-hybridized carbons (Fsp3) is 0.647. The van der Waals surface area contributed by atoms with Crippen LogP contribution >= 0.6 is 15.9 Å². The lowest BCUT2D eigenvalue weighted by Gasteiger charge is -2.43. The first-order chi connectivity index (χ1) is 9.29. The van der Waals surface area contributed by atoms with Gasteiger partial charge in [-0.05, 0) is 54.2 Å². The van der Waals surface area contributed by atoms with E-state index in [0.717, 1.165) is 35.2 Å². The zero-order chi connectivity index (χ0) is 14.9. The van der Waals surface area contributed by atoms with Gasteiger partial charge in [0.25, 0.3) is 0 Å². The molecule has 0 bridgehead atoms. The summed E-state index contributed by atoms with van der Waals surface area (Å²) in [6.07, 6.45) is 4.24. The molecular formula is C17H25BrFN. The first-order valence-electron chi connectivity index (χ1n) is 7.49. The molecule has 3 unspecified atom stereocenters. The monoisotopic (exact) mass is 341 g/mol. The zero-order valence-corrected chi connectivity index (χ0v) is 14.2. The summed E-state index contributed by atoms with van der Waals surface area (Å²) in [4.78, 5) is 0. The molecule has 1 aliphatic rings. The Labute approximate surface area is 130 Å². The van der Waals surface area contributed by atoms with Gasteiger partial charge in [-0.25, -0.2) is 4.39 Å². The lowest BCUT2D eigenvalue weighted by molar-refractivity contribution is 0.112. The molecule has 0 spiro atoms. The highest BCUT2D eigenvalue weighted by Crippen LogP contribution is 2.41. The molecule has 2 rings (SSSR count). The molecule has 1 fully saturated rings. The van der Waals surface area contributed by atoms with Crippen molar-refractivity contribution in [2.45, 2.75) is 52.5 Å². The van der Waals surface area contributed by atoms with Gasteiger partial charge in [0.15, 0.2) is 0 Å². The second-order valence-corrected chi connectivity index (χ2v) is 8.01. The summed E-state index contributed by atoms with van der Waals surface area (Å²) in [5, 5.41) is 0. The van der Waals surface area contributed by atoms with Crippen molar-refractivity contribution in [2.24, 2.45) is 23.0 Å². The summed E-state index contributed by atoms with van der Waals surface area (Å²) in [5.41, 5.74) is 7.20. The summed E-state index contributed by atoms with van der Waals surface area (Å²) in [6, 6.07) is 5.59. The van der Waals surface area contributed by atoms with Crippen LogP contribution in [0, 0.1) is 23.1 Å². The third-order valence-electron chi connectivity index (χ3n) is 4.83. The minimum atomic E-state index is -0.120. The number of benzene rings is 1. The van der Waals surface area contributed by atoms with E-state index in [0.29, 0.717) is 5.92 Å². The maximum Gasteiger partial charge on any atom is 0.127 e. The normalized spacial score (nSPS) is 27.6. The van der Waals surface area contributed by atoms with Crippen LogP contribution in [0.25, 0.3) is 0 Å². The lowest BCUT2D eigenvalue weighted by Crippen LogP contribution is -2.44. The highest BCUT2D eigenvalue weighted by atomic mass is 79.9. The molecule has 20 heavy (non-hydrogen) atoms. The van der Waals surface area contributed by atoms with Gasteiger partial charge in [-0.2, -0.15) is 0 Å². The van der Waals surface area contributed by atoms with Crippen molar-refractivity contribution in [1.82, 2.24) is 0 Å². The fourth-order valence-corrected chi connectivity index (χ4v) is 4.02. The Morgan fingerprint density at radius 3 is 2.65 bits per heavy atom. The summed E-state index contributed by atoms with van der Waals surface area (Å²) >= 11 is 3.31. The SMILES string of the molecule is CC1CCC(C(C)(C)Cc2ccc(Br)cc2F)C(N)C1. The topological polar surface area (TPSA) is 26.0 Å². The quantitative estimate of drug-likeness (QED) is 0.829. The van der Waals surface area contributed by atoms with Gasteiger partial charge in [0.2, 0.25) is 0 Å². The van der Waals surface area contributed by atoms with Gasteiger partial charge in [-0.15, -0.1) is 0 Å². The standard InChI is InChI=1S/C17H25BrFN/c1-11-4-7-14(16(20)8-11)17(2,3)10-12-5-6-13(18)9-15(12)19/h5-6,9,11,14,16H,4,7-8,10,20H2,1-3H3. The summed E-state index contributed by atoms with van der Waals surface area (Å²) in [5.74, 6) is 1.08. The smallest absolute Gasteiger partial charge is 0.127 e. The minimum Gasteiger partial charge on any atom is -0.327 e. The highest BCUT2D eigenvalue weighted by molar-refractivity contribution is 9.10. The van der Waals surface area contributed by atoms with Crippen molar-refractivity contribution in [3.63, 3.8) is 0 Å². The summed E-state index contributed by atoms with van der Waals surface area (Å²) < 4.78 is 14.8. The molecule has 3 heteroatoms. The number of rotatable bonds is 3. The molecule has 0 heterocycles. The molecule has 0 saturated heterocycles. The molecule has 1 aromatic carbocycles. The Balaban J connectivity index is 2.14. The van der Waals surface area contributed by atoms with Crippen LogP contribution in [0.15, 0.2) is 22.7 Å². The van der Waals surface area contributed by atoms with Crippen LogP contribution in [0.3, 0.4) is 0 Å². The van der Waals surface area contributed by atoms with E-state index in [4.69, 9.17) is 5.73 Å². The maximum atomic E-state index is 14.0. The molecule has 2 N–H and O–H groups in total. The third-order valence-corrected chi connectivity index (χ3v) is 5.32. The van der Waals surface area contributed by atoms with Crippen molar-refractivity contribution in [2.75, 3.05) is 0 Å². The van der Waals surface area contributed by atoms with E-state index in [9.17, 15) is 4.39 Å². The second kappa shape index (κ2) is 6.15. The zero-order valence-electron chi connectivity index (χ0n) is 12.6. The fourth-order valence-electron chi connectivity index (χ4n) is 3.68. The number of hydrogen-bond acceptors (Lipinski definition) is 1. The molecular weight excluding hydrogens is 317 g/mol. The van der Waals surface area contributed by atoms with Crippen LogP contribution in [0.5, 0.6) is 0 Å². The summed E-state index contributed by atoms with van der Waals surface area (Å²) in [7, 11) is 0. The van der Waals surface area contributed by atoms with Crippen LogP contribution in [0.4, 0.5) is 4.39 Å². The minimum absolute atomic E-state index is 0.0359. The van der Waals surface area contributed by atoms with Gasteiger partial charge in [-0.3, -0.25) is 0 Å².